The van der Waals surface area contributed by atoms with Gasteiger partial charge in [-0.3, -0.25) is 4.79 Å². The highest BCUT2D eigenvalue weighted by atomic mass is 32.2. The highest BCUT2D eigenvalue weighted by Gasteiger charge is 2.32. The van der Waals surface area contributed by atoms with Crippen LogP contribution in [0.15, 0.2) is 65.8 Å². The molecule has 1 N–H and O–H groups in total. The van der Waals surface area contributed by atoms with E-state index in [9.17, 15) is 13.2 Å². The maximum absolute atomic E-state index is 12.3. The molecule has 1 heterocycles. The van der Waals surface area contributed by atoms with Gasteiger partial charge in [-0.05, 0) is 17.5 Å². The molecule has 26 heavy (non-hydrogen) atoms. The standard InChI is InChI=1S/C20H22N2O3S/c23-20(18-11-12-26(24,25)15-18)22-21-19(13-16-7-3-1-4-8-16)14-17-9-5-2-6-10-17/h1-10,18H,11-15H2,(H,22,23)/t18-/m1/s1. The van der Waals surface area contributed by atoms with Crippen LogP contribution in [0.3, 0.4) is 0 Å². The zero-order chi connectivity index (χ0) is 18.4. The summed E-state index contributed by atoms with van der Waals surface area (Å²) in [6.07, 6.45) is 1.62. The van der Waals surface area contributed by atoms with Crippen LogP contribution in [0.4, 0.5) is 0 Å². The van der Waals surface area contributed by atoms with Gasteiger partial charge in [0, 0.05) is 18.6 Å². The summed E-state index contributed by atoms with van der Waals surface area (Å²) in [6, 6.07) is 19.9. The predicted molar refractivity (Wildman–Crippen MR) is 103 cm³/mol. The van der Waals surface area contributed by atoms with Crippen molar-refractivity contribution in [2.24, 2.45) is 11.0 Å². The molecule has 6 heteroatoms. The van der Waals surface area contributed by atoms with Crippen molar-refractivity contribution in [2.45, 2.75) is 19.3 Å². The van der Waals surface area contributed by atoms with Gasteiger partial charge >= 0.3 is 0 Å². The Morgan fingerprint density at radius 1 is 0.962 bits per heavy atom. The Morgan fingerprint density at radius 3 is 1.96 bits per heavy atom. The molecule has 0 aromatic heterocycles. The molecule has 3 rings (SSSR count). The number of carbonyl (C=O) groups is 1. The van der Waals surface area contributed by atoms with Gasteiger partial charge in [-0.15, -0.1) is 0 Å². The van der Waals surface area contributed by atoms with Crippen LogP contribution in [0.5, 0.6) is 0 Å². The van der Waals surface area contributed by atoms with Gasteiger partial charge in [-0.25, -0.2) is 13.8 Å². The van der Waals surface area contributed by atoms with Crippen molar-refractivity contribution in [3.8, 4) is 0 Å². The second kappa shape index (κ2) is 8.27. The van der Waals surface area contributed by atoms with E-state index < -0.39 is 15.8 Å². The van der Waals surface area contributed by atoms with Gasteiger partial charge in [0.2, 0.25) is 5.91 Å². The Labute approximate surface area is 154 Å². The largest absolute Gasteiger partial charge is 0.273 e. The number of amides is 1. The molecule has 1 amide bonds. The zero-order valence-corrected chi connectivity index (χ0v) is 15.3. The topological polar surface area (TPSA) is 75.6 Å². The third-order valence-electron chi connectivity index (χ3n) is 4.43. The third kappa shape index (κ3) is 5.26. The smallest absolute Gasteiger partial charge is 0.244 e. The van der Waals surface area contributed by atoms with Crippen LogP contribution in [0.1, 0.15) is 17.5 Å². The lowest BCUT2D eigenvalue weighted by Gasteiger charge is -2.10. The molecular weight excluding hydrogens is 348 g/mol. The number of nitrogens with one attached hydrogen (secondary N) is 1. The van der Waals surface area contributed by atoms with Gasteiger partial charge < -0.3 is 0 Å². The minimum absolute atomic E-state index is 0.0791. The van der Waals surface area contributed by atoms with E-state index in [0.717, 1.165) is 16.8 Å². The van der Waals surface area contributed by atoms with Gasteiger partial charge in [-0.1, -0.05) is 60.7 Å². The molecule has 1 atom stereocenters. The van der Waals surface area contributed by atoms with E-state index in [0.29, 0.717) is 19.3 Å². The third-order valence-corrected chi connectivity index (χ3v) is 6.20. The molecule has 0 unspecified atom stereocenters. The fourth-order valence-electron chi connectivity index (χ4n) is 3.03. The van der Waals surface area contributed by atoms with Crippen molar-refractivity contribution in [1.82, 2.24) is 5.43 Å². The van der Waals surface area contributed by atoms with Crippen molar-refractivity contribution in [3.63, 3.8) is 0 Å². The summed E-state index contributed by atoms with van der Waals surface area (Å²) < 4.78 is 23.1. The highest BCUT2D eigenvalue weighted by Crippen LogP contribution is 2.18. The van der Waals surface area contributed by atoms with Crippen molar-refractivity contribution < 1.29 is 13.2 Å². The Bertz CT molecular complexity index is 834. The molecule has 2 aromatic rings. The second-order valence-electron chi connectivity index (χ2n) is 6.58. The van der Waals surface area contributed by atoms with Crippen LogP contribution in [0.25, 0.3) is 0 Å². The maximum atomic E-state index is 12.3. The van der Waals surface area contributed by atoms with Crippen molar-refractivity contribution in [2.75, 3.05) is 11.5 Å². The molecule has 0 spiro atoms. The van der Waals surface area contributed by atoms with Crippen molar-refractivity contribution in [3.05, 3.63) is 71.8 Å². The monoisotopic (exact) mass is 370 g/mol. The second-order valence-corrected chi connectivity index (χ2v) is 8.81. The molecular formula is C20H22N2O3S. The lowest BCUT2D eigenvalue weighted by Crippen LogP contribution is -2.29. The first-order valence-corrected chi connectivity index (χ1v) is 10.5. The normalized spacial score (nSPS) is 18.2. The highest BCUT2D eigenvalue weighted by molar-refractivity contribution is 7.91. The molecule has 136 valence electrons. The fourth-order valence-corrected chi connectivity index (χ4v) is 4.77. The quantitative estimate of drug-likeness (QED) is 0.627. The average Bonchev–Trinajstić information content (AvgIpc) is 3.01. The number of rotatable bonds is 6. The van der Waals surface area contributed by atoms with E-state index in [2.05, 4.69) is 10.5 Å². The Morgan fingerprint density at radius 2 is 1.50 bits per heavy atom. The molecule has 1 fully saturated rings. The van der Waals surface area contributed by atoms with Crippen LogP contribution in [-0.4, -0.2) is 31.5 Å². The molecule has 5 nitrogen and oxygen atoms in total. The zero-order valence-electron chi connectivity index (χ0n) is 14.5. The number of benzene rings is 2. The predicted octanol–water partition coefficient (Wildman–Crippen LogP) is 2.38. The van der Waals surface area contributed by atoms with Crippen LogP contribution in [0.2, 0.25) is 0 Å². The van der Waals surface area contributed by atoms with Gasteiger partial charge in [0.15, 0.2) is 9.84 Å². The minimum Gasteiger partial charge on any atom is -0.273 e. The van der Waals surface area contributed by atoms with E-state index in [1.54, 1.807) is 0 Å². The summed E-state index contributed by atoms with van der Waals surface area (Å²) in [4.78, 5) is 12.3. The van der Waals surface area contributed by atoms with E-state index in [1.807, 2.05) is 60.7 Å². The summed E-state index contributed by atoms with van der Waals surface area (Å²) in [5.41, 5.74) is 5.64. The molecule has 0 aliphatic carbocycles. The van der Waals surface area contributed by atoms with Gasteiger partial charge in [-0.2, -0.15) is 5.10 Å². The van der Waals surface area contributed by atoms with Crippen LogP contribution >= 0.6 is 0 Å². The lowest BCUT2D eigenvalue weighted by atomic mass is 10.0. The first-order valence-electron chi connectivity index (χ1n) is 8.65. The average molecular weight is 370 g/mol. The van der Waals surface area contributed by atoms with E-state index >= 15 is 0 Å². The summed E-state index contributed by atoms with van der Waals surface area (Å²) in [5.74, 6) is -0.820. The Hall–Kier alpha value is -2.47. The number of sulfone groups is 1. The summed E-state index contributed by atoms with van der Waals surface area (Å²) >= 11 is 0. The summed E-state index contributed by atoms with van der Waals surface area (Å²) in [6.45, 7) is 0. The SMILES string of the molecule is O=C(NN=C(Cc1ccccc1)Cc1ccccc1)[C@@H]1CCS(=O)(=O)C1. The molecule has 0 radical (unpaired) electrons. The first-order chi connectivity index (χ1) is 12.5. The van der Waals surface area contributed by atoms with E-state index in [-0.39, 0.29) is 17.4 Å². The fraction of sp³-hybridized carbons (Fsp3) is 0.300. The number of hydrazone groups is 1. The number of hydrogen-bond acceptors (Lipinski definition) is 4. The number of nitrogens with zero attached hydrogens (tertiary/aromatic N) is 1. The molecule has 0 saturated carbocycles. The molecule has 1 saturated heterocycles. The number of carbonyl (C=O) groups excluding carboxylic acids is 1. The molecule has 2 aromatic carbocycles. The Balaban J connectivity index is 1.71. The molecule has 1 aliphatic heterocycles. The van der Waals surface area contributed by atoms with E-state index in [4.69, 9.17) is 0 Å². The number of hydrogen-bond donors (Lipinski definition) is 1. The van der Waals surface area contributed by atoms with Gasteiger partial charge in [0.25, 0.3) is 0 Å². The summed E-state index contributed by atoms with van der Waals surface area (Å²) in [5, 5.41) is 4.33. The van der Waals surface area contributed by atoms with Crippen LogP contribution in [0, 0.1) is 5.92 Å². The van der Waals surface area contributed by atoms with Crippen molar-refractivity contribution in [1.29, 1.82) is 0 Å². The van der Waals surface area contributed by atoms with Gasteiger partial charge in [0.05, 0.1) is 17.4 Å². The maximum Gasteiger partial charge on any atom is 0.244 e. The molecule has 0 bridgehead atoms. The Kier molecular flexibility index (Phi) is 5.83. The summed E-state index contributed by atoms with van der Waals surface area (Å²) in [7, 11) is -3.09. The first kappa shape index (κ1) is 18.3. The lowest BCUT2D eigenvalue weighted by molar-refractivity contribution is -0.124. The van der Waals surface area contributed by atoms with Crippen molar-refractivity contribution >= 4 is 21.5 Å². The van der Waals surface area contributed by atoms with Gasteiger partial charge in [0.1, 0.15) is 0 Å². The minimum atomic E-state index is -3.09. The van der Waals surface area contributed by atoms with Crippen LogP contribution < -0.4 is 5.43 Å². The van der Waals surface area contributed by atoms with E-state index in [1.165, 1.54) is 0 Å². The van der Waals surface area contributed by atoms with Crippen LogP contribution in [-0.2, 0) is 27.5 Å². The molecule has 1 aliphatic rings.